The third-order valence-electron chi connectivity index (χ3n) is 7.12. The highest BCUT2D eigenvalue weighted by atomic mass is 16.7. The van der Waals surface area contributed by atoms with Crippen molar-refractivity contribution in [1.29, 1.82) is 0 Å². The van der Waals surface area contributed by atoms with Gasteiger partial charge in [0.05, 0.1) is 30.1 Å². The van der Waals surface area contributed by atoms with E-state index < -0.39 is 11.9 Å². The van der Waals surface area contributed by atoms with Gasteiger partial charge in [0.2, 0.25) is 6.79 Å². The summed E-state index contributed by atoms with van der Waals surface area (Å²) < 4.78 is 17.5. The number of amides is 2. The number of rotatable bonds is 8. The van der Waals surface area contributed by atoms with Gasteiger partial charge in [0.15, 0.2) is 17.2 Å². The molecule has 2 aliphatic heterocycles. The van der Waals surface area contributed by atoms with E-state index in [2.05, 4.69) is 20.2 Å². The van der Waals surface area contributed by atoms with Crippen LogP contribution in [-0.2, 0) is 6.54 Å². The van der Waals surface area contributed by atoms with Crippen LogP contribution in [-0.4, -0.2) is 82.4 Å². The smallest absolute Gasteiger partial charge is 0.275 e. The molecule has 11 heteroatoms. The number of nitrogens with one attached hydrogen (secondary N) is 1. The van der Waals surface area contributed by atoms with Gasteiger partial charge in [0.25, 0.3) is 11.8 Å². The number of hydrogen-bond acceptors (Lipinski definition) is 9. The largest absolute Gasteiger partial charge is 0.486 e. The van der Waals surface area contributed by atoms with Crippen LogP contribution in [0.5, 0.6) is 17.2 Å². The number of aromatic nitrogens is 2. The molecule has 5 rings (SSSR count). The Hall–Kier alpha value is -4.22. The molecule has 3 atom stereocenters. The Labute approximate surface area is 232 Å². The first-order valence-electron chi connectivity index (χ1n) is 13.2. The van der Waals surface area contributed by atoms with Crippen molar-refractivity contribution in [2.45, 2.75) is 32.5 Å². The van der Waals surface area contributed by atoms with Crippen LogP contribution in [0.25, 0.3) is 0 Å². The molecule has 40 heavy (non-hydrogen) atoms. The zero-order chi connectivity index (χ0) is 28.2. The van der Waals surface area contributed by atoms with E-state index in [-0.39, 0.29) is 42.8 Å². The first-order chi connectivity index (χ1) is 19.3. The second kappa shape index (κ2) is 11.9. The van der Waals surface area contributed by atoms with Crippen molar-refractivity contribution in [3.63, 3.8) is 0 Å². The summed E-state index contributed by atoms with van der Waals surface area (Å²) in [7, 11) is 2.00. The minimum atomic E-state index is -0.468. The highest BCUT2D eigenvalue weighted by Gasteiger charge is 2.34. The standard InChI is InChI=1S/C29H33N5O6/c1-18-13-34(19(2)16-35)29(37)21-5-4-6-22(32-28(36)23-12-30-9-10-31-23)27(21)40-26(18)15-33(3)14-20-7-8-24-25(11-20)39-17-38-24/h4-12,18-19,26,35H,13-17H2,1-3H3,(H,32,36)/t18-,19+,26+/m0/s1. The van der Waals surface area contributed by atoms with Gasteiger partial charge in [-0.05, 0) is 43.8 Å². The van der Waals surface area contributed by atoms with Gasteiger partial charge in [0, 0.05) is 37.9 Å². The van der Waals surface area contributed by atoms with Gasteiger partial charge in [-0.25, -0.2) is 4.98 Å². The lowest BCUT2D eigenvalue weighted by Crippen LogP contribution is -2.49. The molecule has 1 aromatic heterocycles. The quantitative estimate of drug-likeness (QED) is 0.438. The predicted octanol–water partition coefficient (Wildman–Crippen LogP) is 2.81. The fourth-order valence-electron chi connectivity index (χ4n) is 4.89. The van der Waals surface area contributed by atoms with E-state index in [0.29, 0.717) is 30.9 Å². The Balaban J connectivity index is 1.43. The number of nitrogens with zero attached hydrogens (tertiary/aromatic N) is 4. The zero-order valence-corrected chi connectivity index (χ0v) is 22.7. The number of hydrogen-bond donors (Lipinski definition) is 2. The summed E-state index contributed by atoms with van der Waals surface area (Å²) in [6.45, 7) is 5.46. The van der Waals surface area contributed by atoms with E-state index >= 15 is 0 Å². The molecule has 0 fully saturated rings. The summed E-state index contributed by atoms with van der Waals surface area (Å²) in [5.41, 5.74) is 1.87. The molecule has 2 amide bonds. The van der Waals surface area contributed by atoms with Crippen LogP contribution in [0.1, 0.15) is 40.3 Å². The van der Waals surface area contributed by atoms with E-state index in [1.54, 1.807) is 23.1 Å². The van der Waals surface area contributed by atoms with Crippen LogP contribution in [0.2, 0.25) is 0 Å². The fourth-order valence-corrected chi connectivity index (χ4v) is 4.89. The number of ether oxygens (including phenoxy) is 3. The first-order valence-corrected chi connectivity index (χ1v) is 13.2. The van der Waals surface area contributed by atoms with Crippen LogP contribution < -0.4 is 19.5 Å². The van der Waals surface area contributed by atoms with Gasteiger partial charge in [-0.3, -0.25) is 19.5 Å². The Morgan fingerprint density at radius 1 is 1.23 bits per heavy atom. The number of benzene rings is 2. The number of para-hydroxylation sites is 1. The lowest BCUT2D eigenvalue weighted by Gasteiger charge is -2.38. The molecular weight excluding hydrogens is 514 g/mol. The maximum atomic E-state index is 13.7. The summed E-state index contributed by atoms with van der Waals surface area (Å²) in [6.07, 6.45) is 3.95. The molecule has 11 nitrogen and oxygen atoms in total. The normalized spacial score (nSPS) is 18.9. The summed E-state index contributed by atoms with van der Waals surface area (Å²) in [5, 5.41) is 12.8. The van der Waals surface area contributed by atoms with Gasteiger partial charge < -0.3 is 29.5 Å². The third-order valence-corrected chi connectivity index (χ3v) is 7.12. The Bertz CT molecular complexity index is 1370. The Morgan fingerprint density at radius 2 is 2.05 bits per heavy atom. The SMILES string of the molecule is C[C@H](CO)N1C[C@H](C)[C@@H](CN(C)Cc2ccc3c(c2)OCO3)Oc2c(NC(=O)c3cnccn3)cccc2C1=O. The van der Waals surface area contributed by atoms with Gasteiger partial charge in [-0.15, -0.1) is 0 Å². The van der Waals surface area contributed by atoms with Crippen molar-refractivity contribution in [1.82, 2.24) is 19.8 Å². The molecule has 210 valence electrons. The van der Waals surface area contributed by atoms with Crippen LogP contribution in [0.15, 0.2) is 55.0 Å². The number of aliphatic hydroxyl groups is 1. The monoisotopic (exact) mass is 547 g/mol. The maximum Gasteiger partial charge on any atom is 0.275 e. The molecular formula is C29H33N5O6. The summed E-state index contributed by atoms with van der Waals surface area (Å²) in [5.74, 6) is 0.919. The minimum Gasteiger partial charge on any atom is -0.486 e. The van der Waals surface area contributed by atoms with Crippen molar-refractivity contribution in [3.8, 4) is 17.2 Å². The molecule has 2 aromatic carbocycles. The molecule has 2 N–H and O–H groups in total. The minimum absolute atomic E-state index is 0.0888. The number of aliphatic hydroxyl groups excluding tert-OH is 1. The van der Waals surface area contributed by atoms with E-state index in [1.165, 1.54) is 18.6 Å². The average Bonchev–Trinajstić information content (AvgIpc) is 3.43. The third kappa shape index (κ3) is 5.85. The Morgan fingerprint density at radius 3 is 2.83 bits per heavy atom. The summed E-state index contributed by atoms with van der Waals surface area (Å²) >= 11 is 0. The highest BCUT2D eigenvalue weighted by molar-refractivity contribution is 6.06. The maximum absolute atomic E-state index is 13.7. The van der Waals surface area contributed by atoms with E-state index in [4.69, 9.17) is 14.2 Å². The van der Waals surface area contributed by atoms with Crippen molar-refractivity contribution >= 4 is 17.5 Å². The fraction of sp³-hybridized carbons (Fsp3) is 0.379. The van der Waals surface area contributed by atoms with E-state index in [0.717, 1.165) is 17.1 Å². The van der Waals surface area contributed by atoms with E-state index in [1.807, 2.05) is 39.1 Å². The summed E-state index contributed by atoms with van der Waals surface area (Å²) in [4.78, 5) is 38.5. The molecule has 0 bridgehead atoms. The van der Waals surface area contributed by atoms with Crippen molar-refractivity contribution in [3.05, 3.63) is 71.8 Å². The predicted molar refractivity (Wildman–Crippen MR) is 146 cm³/mol. The number of carbonyl (C=O) groups is 2. The van der Waals surface area contributed by atoms with Crippen LogP contribution in [0, 0.1) is 5.92 Å². The number of anilines is 1. The molecule has 2 aliphatic rings. The van der Waals surface area contributed by atoms with Crippen molar-refractivity contribution in [2.24, 2.45) is 5.92 Å². The molecule has 0 saturated heterocycles. The number of carbonyl (C=O) groups excluding carboxylic acids is 2. The molecule has 0 saturated carbocycles. The molecule has 3 heterocycles. The van der Waals surface area contributed by atoms with Gasteiger partial charge in [-0.1, -0.05) is 19.1 Å². The van der Waals surface area contributed by atoms with Crippen molar-refractivity contribution in [2.75, 3.05) is 38.9 Å². The highest BCUT2D eigenvalue weighted by Crippen LogP contribution is 2.36. The molecule has 0 unspecified atom stereocenters. The van der Waals surface area contributed by atoms with Crippen LogP contribution in [0.4, 0.5) is 5.69 Å². The second-order valence-electron chi connectivity index (χ2n) is 10.2. The summed E-state index contributed by atoms with van der Waals surface area (Å²) in [6, 6.07) is 10.6. The van der Waals surface area contributed by atoms with Crippen LogP contribution in [0.3, 0.4) is 0 Å². The van der Waals surface area contributed by atoms with E-state index in [9.17, 15) is 14.7 Å². The molecule has 0 aliphatic carbocycles. The Kier molecular flexibility index (Phi) is 8.13. The molecule has 0 spiro atoms. The number of fused-ring (bicyclic) bond motifs is 2. The van der Waals surface area contributed by atoms with Gasteiger partial charge in [-0.2, -0.15) is 0 Å². The number of likely N-dealkylation sites (N-methyl/N-ethyl adjacent to an activating group) is 1. The average molecular weight is 548 g/mol. The topological polar surface area (TPSA) is 126 Å². The molecule has 0 radical (unpaired) electrons. The van der Waals surface area contributed by atoms with Crippen molar-refractivity contribution < 1.29 is 28.9 Å². The lowest BCUT2D eigenvalue weighted by atomic mass is 9.98. The lowest BCUT2D eigenvalue weighted by molar-refractivity contribution is 0.0343. The van der Waals surface area contributed by atoms with Gasteiger partial charge in [0.1, 0.15) is 11.8 Å². The van der Waals surface area contributed by atoms with Crippen LogP contribution >= 0.6 is 0 Å². The molecule has 3 aromatic rings. The van der Waals surface area contributed by atoms with Gasteiger partial charge >= 0.3 is 0 Å². The zero-order valence-electron chi connectivity index (χ0n) is 22.7. The second-order valence-corrected chi connectivity index (χ2v) is 10.2. The first kappa shape index (κ1) is 27.4.